The zero-order chi connectivity index (χ0) is 15.9. The van der Waals surface area contributed by atoms with Gasteiger partial charge in [0.2, 0.25) is 0 Å². The van der Waals surface area contributed by atoms with E-state index in [1.165, 1.54) is 0 Å². The highest BCUT2D eigenvalue weighted by molar-refractivity contribution is 7.98. The van der Waals surface area contributed by atoms with Crippen LogP contribution in [0.1, 0.15) is 23.7 Å². The van der Waals surface area contributed by atoms with Gasteiger partial charge in [0.1, 0.15) is 0 Å². The van der Waals surface area contributed by atoms with Crippen LogP contribution < -0.4 is 5.32 Å². The first-order valence-electron chi connectivity index (χ1n) is 7.48. The zero-order valence-corrected chi connectivity index (χ0v) is 14.6. The van der Waals surface area contributed by atoms with Gasteiger partial charge in [-0.2, -0.15) is 11.8 Å². The number of nitrogens with zero attached hydrogens (tertiary/aromatic N) is 1. The largest absolute Gasteiger partial charge is 0.381 e. The fourth-order valence-corrected chi connectivity index (χ4v) is 3.45. The molecule has 1 aromatic carbocycles. The van der Waals surface area contributed by atoms with Crippen LogP contribution in [0.4, 0.5) is 4.79 Å². The first-order valence-corrected chi connectivity index (χ1v) is 9.15. The maximum Gasteiger partial charge on any atom is 0.317 e. The Hall–Kier alpha value is -0.910. The van der Waals surface area contributed by atoms with Crippen molar-refractivity contribution in [2.45, 2.75) is 24.1 Å². The van der Waals surface area contributed by atoms with Crippen LogP contribution >= 0.6 is 23.4 Å². The van der Waals surface area contributed by atoms with Crippen molar-refractivity contribution in [3.05, 3.63) is 34.9 Å². The second-order valence-electron chi connectivity index (χ2n) is 5.42. The van der Waals surface area contributed by atoms with Gasteiger partial charge in [-0.3, -0.25) is 0 Å². The van der Waals surface area contributed by atoms with Crippen molar-refractivity contribution >= 4 is 29.4 Å². The molecule has 0 aromatic heterocycles. The molecule has 2 rings (SSSR count). The third kappa shape index (κ3) is 4.80. The van der Waals surface area contributed by atoms with Crippen molar-refractivity contribution in [3.63, 3.8) is 0 Å². The van der Waals surface area contributed by atoms with Crippen LogP contribution in [0.25, 0.3) is 0 Å². The molecule has 1 heterocycles. The number of rotatable bonds is 5. The molecular formula is C16H23ClN2O2S. The molecule has 1 aromatic rings. The second kappa shape index (κ2) is 8.65. The number of amides is 2. The van der Waals surface area contributed by atoms with E-state index in [0.29, 0.717) is 6.54 Å². The van der Waals surface area contributed by atoms with Crippen molar-refractivity contribution in [2.75, 3.05) is 33.1 Å². The molecule has 1 fully saturated rings. The molecule has 0 bridgehead atoms. The van der Waals surface area contributed by atoms with Crippen molar-refractivity contribution in [2.24, 2.45) is 0 Å². The van der Waals surface area contributed by atoms with Crippen LogP contribution in [0, 0.1) is 0 Å². The van der Waals surface area contributed by atoms with E-state index in [1.54, 1.807) is 16.7 Å². The molecule has 0 aliphatic carbocycles. The van der Waals surface area contributed by atoms with Gasteiger partial charge in [-0.05, 0) is 36.8 Å². The SMILES string of the molecule is CS[C@H](CNC(=O)N(C)C1CCOCC1)c1cccc(Cl)c1. The van der Waals surface area contributed by atoms with Crippen molar-refractivity contribution in [1.82, 2.24) is 10.2 Å². The lowest BCUT2D eigenvalue weighted by Crippen LogP contribution is -2.46. The number of benzene rings is 1. The highest BCUT2D eigenvalue weighted by Gasteiger charge is 2.23. The number of thioether (sulfide) groups is 1. The van der Waals surface area contributed by atoms with Gasteiger partial charge < -0.3 is 15.0 Å². The van der Waals surface area contributed by atoms with Crippen LogP contribution in [0.5, 0.6) is 0 Å². The Labute approximate surface area is 141 Å². The third-order valence-electron chi connectivity index (χ3n) is 4.00. The van der Waals surface area contributed by atoms with Gasteiger partial charge in [0.25, 0.3) is 0 Å². The van der Waals surface area contributed by atoms with Gasteiger partial charge in [-0.15, -0.1) is 0 Å². The third-order valence-corrected chi connectivity index (χ3v) is 5.25. The first-order chi connectivity index (χ1) is 10.6. The average Bonchev–Trinajstić information content (AvgIpc) is 2.55. The molecule has 4 nitrogen and oxygen atoms in total. The number of hydrogen-bond donors (Lipinski definition) is 1. The molecule has 122 valence electrons. The summed E-state index contributed by atoms with van der Waals surface area (Å²) in [7, 11) is 1.86. The molecule has 1 aliphatic heterocycles. The summed E-state index contributed by atoms with van der Waals surface area (Å²) in [6.07, 6.45) is 3.86. The van der Waals surface area contributed by atoms with E-state index in [9.17, 15) is 4.79 Å². The van der Waals surface area contributed by atoms with Crippen LogP contribution in [-0.2, 0) is 4.74 Å². The standard InChI is InChI=1S/C16H23ClN2O2S/c1-19(14-6-8-21-9-7-14)16(20)18-11-15(22-2)12-4-3-5-13(17)10-12/h3-5,10,14-15H,6-9,11H2,1-2H3,(H,18,20)/t15-/m1/s1. The quantitative estimate of drug-likeness (QED) is 0.889. The Morgan fingerprint density at radius 2 is 2.23 bits per heavy atom. The zero-order valence-electron chi connectivity index (χ0n) is 13.0. The Morgan fingerprint density at radius 3 is 2.86 bits per heavy atom. The molecular weight excluding hydrogens is 320 g/mol. The molecule has 1 atom stereocenters. The monoisotopic (exact) mass is 342 g/mol. The summed E-state index contributed by atoms with van der Waals surface area (Å²) in [4.78, 5) is 14.1. The number of carbonyl (C=O) groups excluding carboxylic acids is 1. The van der Waals surface area contributed by atoms with Crippen LogP contribution in [0.15, 0.2) is 24.3 Å². The van der Waals surface area contributed by atoms with Gasteiger partial charge in [0.05, 0.1) is 0 Å². The summed E-state index contributed by atoms with van der Waals surface area (Å²) in [5.74, 6) is 0. The van der Waals surface area contributed by atoms with E-state index in [2.05, 4.69) is 5.32 Å². The highest BCUT2D eigenvalue weighted by Crippen LogP contribution is 2.27. The number of nitrogens with one attached hydrogen (secondary N) is 1. The number of carbonyl (C=O) groups is 1. The molecule has 1 aliphatic rings. The number of halogens is 1. The minimum absolute atomic E-state index is 0.0204. The molecule has 6 heteroatoms. The molecule has 2 amide bonds. The average molecular weight is 343 g/mol. The molecule has 1 N–H and O–H groups in total. The van der Waals surface area contributed by atoms with Crippen LogP contribution in [-0.4, -0.2) is 50.0 Å². The van der Waals surface area contributed by atoms with Crippen molar-refractivity contribution in [3.8, 4) is 0 Å². The maximum atomic E-state index is 12.3. The number of ether oxygens (including phenoxy) is 1. The first kappa shape index (κ1) is 17.4. The normalized spacial score (nSPS) is 17.0. The highest BCUT2D eigenvalue weighted by atomic mass is 35.5. The summed E-state index contributed by atoms with van der Waals surface area (Å²) in [5, 5.41) is 3.95. The second-order valence-corrected chi connectivity index (χ2v) is 6.90. The van der Waals surface area contributed by atoms with E-state index < -0.39 is 0 Å². The van der Waals surface area contributed by atoms with Crippen molar-refractivity contribution < 1.29 is 9.53 Å². The predicted octanol–water partition coefficient (Wildman–Crippen LogP) is 3.56. The summed E-state index contributed by atoms with van der Waals surface area (Å²) < 4.78 is 5.34. The summed E-state index contributed by atoms with van der Waals surface area (Å²) in [6.45, 7) is 2.06. The van der Waals surface area contributed by atoms with E-state index in [-0.39, 0.29) is 17.3 Å². The van der Waals surface area contributed by atoms with Crippen LogP contribution in [0.2, 0.25) is 5.02 Å². The topological polar surface area (TPSA) is 41.6 Å². The van der Waals surface area contributed by atoms with Gasteiger partial charge in [0.15, 0.2) is 0 Å². The molecule has 0 unspecified atom stereocenters. The van der Waals surface area contributed by atoms with Gasteiger partial charge in [-0.25, -0.2) is 4.79 Å². The van der Waals surface area contributed by atoms with Gasteiger partial charge in [0, 0.05) is 43.1 Å². The van der Waals surface area contributed by atoms with E-state index in [0.717, 1.165) is 36.6 Å². The Balaban J connectivity index is 1.88. The summed E-state index contributed by atoms with van der Waals surface area (Å²) >= 11 is 7.75. The van der Waals surface area contributed by atoms with Crippen LogP contribution in [0.3, 0.4) is 0 Å². The molecule has 22 heavy (non-hydrogen) atoms. The Kier molecular flexibility index (Phi) is 6.86. The van der Waals surface area contributed by atoms with E-state index in [4.69, 9.17) is 16.3 Å². The predicted molar refractivity (Wildman–Crippen MR) is 92.7 cm³/mol. The lowest BCUT2D eigenvalue weighted by Gasteiger charge is -2.31. The summed E-state index contributed by atoms with van der Waals surface area (Å²) in [5.41, 5.74) is 1.13. The van der Waals surface area contributed by atoms with Gasteiger partial charge >= 0.3 is 6.03 Å². The van der Waals surface area contributed by atoms with Gasteiger partial charge in [-0.1, -0.05) is 23.7 Å². The number of hydrogen-bond acceptors (Lipinski definition) is 3. The Bertz CT molecular complexity index is 495. The summed E-state index contributed by atoms with van der Waals surface area (Å²) in [6, 6.07) is 8.05. The fraction of sp³-hybridized carbons (Fsp3) is 0.562. The maximum absolute atomic E-state index is 12.3. The lowest BCUT2D eigenvalue weighted by molar-refractivity contribution is 0.0526. The number of urea groups is 1. The molecule has 1 saturated heterocycles. The lowest BCUT2D eigenvalue weighted by atomic mass is 10.1. The Morgan fingerprint density at radius 1 is 1.50 bits per heavy atom. The van der Waals surface area contributed by atoms with Crippen molar-refractivity contribution in [1.29, 1.82) is 0 Å². The minimum Gasteiger partial charge on any atom is -0.381 e. The smallest absolute Gasteiger partial charge is 0.317 e. The fourth-order valence-electron chi connectivity index (χ4n) is 2.59. The molecule has 0 spiro atoms. The molecule has 0 radical (unpaired) electrons. The van der Waals surface area contributed by atoms with E-state index >= 15 is 0 Å². The molecule has 0 saturated carbocycles. The minimum atomic E-state index is -0.0204. The van der Waals surface area contributed by atoms with E-state index in [1.807, 2.05) is 37.6 Å².